The highest BCUT2D eigenvalue weighted by Crippen LogP contribution is 2.33. The summed E-state index contributed by atoms with van der Waals surface area (Å²) in [5, 5.41) is 30.3. The molecule has 0 spiro atoms. The van der Waals surface area contributed by atoms with Gasteiger partial charge in [0.25, 0.3) is 0 Å². The van der Waals surface area contributed by atoms with Crippen LogP contribution in [0.2, 0.25) is 0 Å². The second-order valence-electron chi connectivity index (χ2n) is 7.82. The number of carbonyl (C=O) groups is 2. The van der Waals surface area contributed by atoms with Crippen molar-refractivity contribution in [3.05, 3.63) is 0 Å². The maximum absolute atomic E-state index is 11.3. The molecule has 0 bridgehead atoms. The average molecular weight is 420 g/mol. The smallest absolute Gasteiger partial charge is 0.303 e. The van der Waals surface area contributed by atoms with E-state index >= 15 is 0 Å². The lowest BCUT2D eigenvalue weighted by Gasteiger charge is -2.44. The molecule has 5 unspecified atom stereocenters. The molecule has 0 aromatic heterocycles. The van der Waals surface area contributed by atoms with Crippen molar-refractivity contribution in [2.75, 3.05) is 13.2 Å². The predicted molar refractivity (Wildman–Crippen MR) is 97.5 cm³/mol. The Kier molecular flexibility index (Phi) is 8.38. The first kappa shape index (κ1) is 24.0. The number of hydrogen-bond donors (Lipinski definition) is 3. The summed E-state index contributed by atoms with van der Waals surface area (Å²) in [5.74, 6) is -0.945. The summed E-state index contributed by atoms with van der Waals surface area (Å²) >= 11 is 0. The highest BCUT2D eigenvalue weighted by Gasteiger charge is 2.46. The minimum absolute atomic E-state index is 0.0116. The van der Waals surface area contributed by atoms with E-state index in [2.05, 4.69) is 0 Å². The molecule has 2 fully saturated rings. The van der Waals surface area contributed by atoms with E-state index in [1.165, 1.54) is 13.8 Å². The highest BCUT2D eigenvalue weighted by atomic mass is 16.7. The molecule has 2 heterocycles. The third-order valence-corrected chi connectivity index (χ3v) is 5.63. The van der Waals surface area contributed by atoms with E-state index in [-0.39, 0.29) is 49.3 Å². The third-order valence-electron chi connectivity index (χ3n) is 5.63. The Balaban J connectivity index is 1.96. The van der Waals surface area contributed by atoms with Gasteiger partial charge in [0.2, 0.25) is 0 Å². The molecule has 0 saturated carbocycles. The number of carbonyl (C=O) groups excluding carboxylic acids is 2. The Morgan fingerprint density at radius 1 is 0.828 bits per heavy atom. The van der Waals surface area contributed by atoms with Crippen LogP contribution in [0.4, 0.5) is 0 Å². The Bertz CT molecular complexity index is 569. The zero-order valence-electron chi connectivity index (χ0n) is 17.4. The van der Waals surface area contributed by atoms with Gasteiger partial charge in [-0.2, -0.15) is 0 Å². The van der Waals surface area contributed by atoms with Gasteiger partial charge in [-0.1, -0.05) is 13.8 Å². The van der Waals surface area contributed by atoms with E-state index in [4.69, 9.17) is 23.7 Å². The standard InChI is InChI=1S/C19H32O10/c1-8-9(2)18(28-12(5)21)10(3)27-13(8)6-26-19-17(24)16(23)15(22)14(29-19)7-25-11(4)20/h8-10,13-19,22-24H,6-7H2,1-5H3/t8-,9-,10?,13?,14?,15-,16-,17?,18?,19-/m0/s1. The molecule has 0 amide bonds. The second kappa shape index (κ2) is 10.1. The Morgan fingerprint density at radius 3 is 2.07 bits per heavy atom. The van der Waals surface area contributed by atoms with E-state index in [1.54, 1.807) is 0 Å². The lowest BCUT2D eigenvalue weighted by molar-refractivity contribution is -0.310. The van der Waals surface area contributed by atoms with Crippen LogP contribution < -0.4 is 0 Å². The molecule has 10 atom stereocenters. The molecule has 0 aliphatic carbocycles. The van der Waals surface area contributed by atoms with Crippen LogP contribution in [0.5, 0.6) is 0 Å². The lowest BCUT2D eigenvalue weighted by Crippen LogP contribution is -2.60. The fourth-order valence-corrected chi connectivity index (χ4v) is 3.71. The predicted octanol–water partition coefficient (Wildman–Crippen LogP) is -0.635. The van der Waals surface area contributed by atoms with Crippen molar-refractivity contribution >= 4 is 11.9 Å². The van der Waals surface area contributed by atoms with Crippen molar-refractivity contribution < 1.29 is 48.6 Å². The fourth-order valence-electron chi connectivity index (χ4n) is 3.71. The van der Waals surface area contributed by atoms with Crippen LogP contribution in [-0.2, 0) is 33.3 Å². The summed E-state index contributed by atoms with van der Waals surface area (Å²) < 4.78 is 27.3. The van der Waals surface area contributed by atoms with Crippen LogP contribution in [0.25, 0.3) is 0 Å². The Labute approximate surface area is 170 Å². The van der Waals surface area contributed by atoms with Crippen LogP contribution in [0.15, 0.2) is 0 Å². The van der Waals surface area contributed by atoms with E-state index in [9.17, 15) is 24.9 Å². The van der Waals surface area contributed by atoms with Gasteiger partial charge in [-0.3, -0.25) is 9.59 Å². The van der Waals surface area contributed by atoms with Gasteiger partial charge in [-0.05, 0) is 12.8 Å². The van der Waals surface area contributed by atoms with Gasteiger partial charge in [0.1, 0.15) is 37.1 Å². The van der Waals surface area contributed by atoms with Gasteiger partial charge in [-0.25, -0.2) is 0 Å². The van der Waals surface area contributed by atoms with Crippen LogP contribution >= 0.6 is 0 Å². The van der Waals surface area contributed by atoms with Crippen LogP contribution in [0.1, 0.15) is 34.6 Å². The minimum atomic E-state index is -1.52. The van der Waals surface area contributed by atoms with Gasteiger partial charge in [-0.15, -0.1) is 0 Å². The number of esters is 2. The van der Waals surface area contributed by atoms with Crippen molar-refractivity contribution in [1.29, 1.82) is 0 Å². The van der Waals surface area contributed by atoms with E-state index in [0.717, 1.165) is 0 Å². The normalized spacial score (nSPS) is 42.9. The molecule has 2 aliphatic heterocycles. The van der Waals surface area contributed by atoms with E-state index < -0.39 is 36.7 Å². The topological polar surface area (TPSA) is 141 Å². The van der Waals surface area contributed by atoms with Gasteiger partial charge < -0.3 is 39.0 Å². The minimum Gasteiger partial charge on any atom is -0.463 e. The molecular formula is C19H32O10. The van der Waals surface area contributed by atoms with Crippen molar-refractivity contribution in [2.24, 2.45) is 11.8 Å². The Morgan fingerprint density at radius 2 is 1.48 bits per heavy atom. The number of hydrogen-bond acceptors (Lipinski definition) is 10. The third kappa shape index (κ3) is 5.87. The van der Waals surface area contributed by atoms with Crippen LogP contribution in [-0.4, -0.2) is 89.5 Å². The fraction of sp³-hybridized carbons (Fsp3) is 0.895. The summed E-state index contributed by atoms with van der Waals surface area (Å²) in [6, 6.07) is 0. The number of rotatable bonds is 6. The molecule has 2 saturated heterocycles. The molecule has 0 aromatic carbocycles. The summed E-state index contributed by atoms with van der Waals surface area (Å²) in [6.45, 7) is 8.05. The molecule has 0 radical (unpaired) electrons. The largest absolute Gasteiger partial charge is 0.463 e. The summed E-state index contributed by atoms with van der Waals surface area (Å²) in [7, 11) is 0. The second-order valence-corrected chi connectivity index (χ2v) is 7.82. The summed E-state index contributed by atoms with van der Waals surface area (Å²) in [4.78, 5) is 22.3. The number of ether oxygens (including phenoxy) is 5. The first-order valence-corrected chi connectivity index (χ1v) is 9.80. The zero-order chi connectivity index (χ0) is 21.9. The van der Waals surface area contributed by atoms with Crippen molar-refractivity contribution in [3.8, 4) is 0 Å². The maximum Gasteiger partial charge on any atom is 0.303 e. The quantitative estimate of drug-likeness (QED) is 0.475. The first-order valence-electron chi connectivity index (χ1n) is 9.80. The number of aliphatic hydroxyl groups is 3. The zero-order valence-corrected chi connectivity index (χ0v) is 17.4. The van der Waals surface area contributed by atoms with Gasteiger partial charge in [0.15, 0.2) is 6.29 Å². The molecule has 2 aliphatic rings. The van der Waals surface area contributed by atoms with Crippen LogP contribution in [0.3, 0.4) is 0 Å². The Hall–Kier alpha value is -1.30. The molecular weight excluding hydrogens is 388 g/mol. The highest BCUT2D eigenvalue weighted by molar-refractivity contribution is 5.66. The van der Waals surface area contributed by atoms with Gasteiger partial charge in [0, 0.05) is 19.8 Å². The first-order chi connectivity index (χ1) is 13.5. The molecule has 10 nitrogen and oxygen atoms in total. The SMILES string of the molecule is CC(=O)OCC1O[C@H](OCC2OC(C)C(OC(C)=O)[C@@H](C)[C@@H]2C)C(O)[C@@H](O)[C@H]1O. The average Bonchev–Trinajstić information content (AvgIpc) is 2.65. The lowest BCUT2D eigenvalue weighted by atomic mass is 9.81. The van der Waals surface area contributed by atoms with Crippen molar-refractivity contribution in [2.45, 2.75) is 83.6 Å². The van der Waals surface area contributed by atoms with Gasteiger partial charge in [0.05, 0.1) is 18.8 Å². The summed E-state index contributed by atoms with van der Waals surface area (Å²) in [5.41, 5.74) is 0. The molecule has 0 aromatic rings. The monoisotopic (exact) mass is 420 g/mol. The maximum atomic E-state index is 11.3. The van der Waals surface area contributed by atoms with Crippen LogP contribution in [0, 0.1) is 11.8 Å². The van der Waals surface area contributed by atoms with E-state index in [0.29, 0.717) is 0 Å². The molecule has 3 N–H and O–H groups in total. The summed E-state index contributed by atoms with van der Waals surface area (Å²) in [6.07, 6.45) is -7.80. The van der Waals surface area contributed by atoms with Crippen molar-refractivity contribution in [3.63, 3.8) is 0 Å². The molecule has 168 valence electrons. The van der Waals surface area contributed by atoms with Gasteiger partial charge >= 0.3 is 11.9 Å². The van der Waals surface area contributed by atoms with Crippen molar-refractivity contribution in [1.82, 2.24) is 0 Å². The van der Waals surface area contributed by atoms with E-state index in [1.807, 2.05) is 20.8 Å². The molecule has 29 heavy (non-hydrogen) atoms. The number of aliphatic hydroxyl groups excluding tert-OH is 3. The molecule has 10 heteroatoms. The molecule has 2 rings (SSSR count).